The summed E-state index contributed by atoms with van der Waals surface area (Å²) in [6.45, 7) is 3.68. The van der Waals surface area contributed by atoms with Gasteiger partial charge in [0, 0.05) is 5.02 Å². The third kappa shape index (κ3) is 4.73. The summed E-state index contributed by atoms with van der Waals surface area (Å²) in [5.41, 5.74) is 0.618. The standard InChI is InChI=1S/C14H19ClN2O2/c1-2-19-13-6-5-11(15)7-12(13)17-14(18)9-16-8-10-3-4-10/h5-7,10,16H,2-4,8-9H2,1H3,(H,17,18). The molecule has 1 fully saturated rings. The van der Waals surface area contributed by atoms with Crippen LogP contribution in [0.1, 0.15) is 19.8 Å². The van der Waals surface area contributed by atoms with Gasteiger partial charge >= 0.3 is 0 Å². The quantitative estimate of drug-likeness (QED) is 0.808. The third-order valence-electron chi connectivity index (χ3n) is 2.93. The van der Waals surface area contributed by atoms with Gasteiger partial charge in [0.2, 0.25) is 5.91 Å². The molecule has 0 unspecified atom stereocenters. The van der Waals surface area contributed by atoms with Crippen LogP contribution in [0, 0.1) is 5.92 Å². The number of carbonyl (C=O) groups excluding carboxylic acids is 1. The number of nitrogens with one attached hydrogen (secondary N) is 2. The number of halogens is 1. The summed E-state index contributed by atoms with van der Waals surface area (Å²) < 4.78 is 5.45. The first-order valence-corrected chi connectivity index (χ1v) is 6.99. The van der Waals surface area contributed by atoms with E-state index in [-0.39, 0.29) is 5.91 Å². The summed E-state index contributed by atoms with van der Waals surface area (Å²) in [4.78, 5) is 11.8. The molecule has 0 saturated heterocycles. The van der Waals surface area contributed by atoms with E-state index in [1.807, 2.05) is 6.92 Å². The molecule has 1 aromatic rings. The van der Waals surface area contributed by atoms with Gasteiger partial charge in [-0.1, -0.05) is 11.6 Å². The summed E-state index contributed by atoms with van der Waals surface area (Å²) in [6, 6.07) is 5.21. The molecule has 0 aliphatic heterocycles. The molecular formula is C14H19ClN2O2. The molecule has 5 heteroatoms. The molecule has 0 bridgehead atoms. The second-order valence-electron chi connectivity index (χ2n) is 4.70. The van der Waals surface area contributed by atoms with E-state index in [4.69, 9.17) is 16.3 Å². The van der Waals surface area contributed by atoms with Crippen LogP contribution in [0.25, 0.3) is 0 Å². The zero-order chi connectivity index (χ0) is 13.7. The van der Waals surface area contributed by atoms with Crippen LogP contribution >= 0.6 is 11.6 Å². The molecule has 4 nitrogen and oxygen atoms in total. The van der Waals surface area contributed by atoms with Crippen LogP contribution in [0.5, 0.6) is 5.75 Å². The van der Waals surface area contributed by atoms with E-state index in [1.165, 1.54) is 12.8 Å². The SMILES string of the molecule is CCOc1ccc(Cl)cc1NC(=O)CNCC1CC1. The zero-order valence-electron chi connectivity index (χ0n) is 11.0. The Balaban J connectivity index is 1.88. The molecule has 1 aromatic carbocycles. The molecule has 1 amide bonds. The summed E-state index contributed by atoms with van der Waals surface area (Å²) in [7, 11) is 0. The van der Waals surface area contributed by atoms with Gasteiger partial charge in [0.1, 0.15) is 5.75 Å². The van der Waals surface area contributed by atoms with Crippen molar-refractivity contribution < 1.29 is 9.53 Å². The van der Waals surface area contributed by atoms with Crippen molar-refractivity contribution in [1.29, 1.82) is 0 Å². The van der Waals surface area contributed by atoms with Crippen LogP contribution in [0.2, 0.25) is 5.02 Å². The second-order valence-corrected chi connectivity index (χ2v) is 5.13. The molecule has 1 aliphatic rings. The molecule has 0 atom stereocenters. The van der Waals surface area contributed by atoms with Crippen LogP contribution in [-0.2, 0) is 4.79 Å². The molecule has 2 N–H and O–H groups in total. The highest BCUT2D eigenvalue weighted by Gasteiger charge is 2.20. The van der Waals surface area contributed by atoms with Crippen LogP contribution < -0.4 is 15.4 Å². The van der Waals surface area contributed by atoms with E-state index < -0.39 is 0 Å². The number of ether oxygens (including phenoxy) is 1. The van der Waals surface area contributed by atoms with Crippen LogP contribution in [-0.4, -0.2) is 25.6 Å². The van der Waals surface area contributed by atoms with Crippen LogP contribution in [0.3, 0.4) is 0 Å². The number of hydrogen-bond donors (Lipinski definition) is 2. The van der Waals surface area contributed by atoms with E-state index in [1.54, 1.807) is 18.2 Å². The Hall–Kier alpha value is -1.26. The predicted molar refractivity (Wildman–Crippen MR) is 76.8 cm³/mol. The molecule has 104 valence electrons. The van der Waals surface area contributed by atoms with Gasteiger partial charge in [-0.05, 0) is 50.4 Å². The lowest BCUT2D eigenvalue weighted by atomic mass is 10.3. The maximum absolute atomic E-state index is 11.8. The lowest BCUT2D eigenvalue weighted by molar-refractivity contribution is -0.115. The van der Waals surface area contributed by atoms with Gasteiger partial charge in [0.25, 0.3) is 0 Å². The van der Waals surface area contributed by atoms with Crippen molar-refractivity contribution in [2.75, 3.05) is 25.0 Å². The Bertz CT molecular complexity index is 447. The van der Waals surface area contributed by atoms with Crippen molar-refractivity contribution >= 4 is 23.2 Å². The monoisotopic (exact) mass is 282 g/mol. The maximum Gasteiger partial charge on any atom is 0.238 e. The molecule has 19 heavy (non-hydrogen) atoms. The average Bonchev–Trinajstić information content (AvgIpc) is 3.17. The van der Waals surface area contributed by atoms with Crippen LogP contribution in [0.4, 0.5) is 5.69 Å². The minimum atomic E-state index is -0.0798. The van der Waals surface area contributed by atoms with E-state index in [0.29, 0.717) is 29.6 Å². The third-order valence-corrected chi connectivity index (χ3v) is 3.17. The number of benzene rings is 1. The highest BCUT2D eigenvalue weighted by molar-refractivity contribution is 6.31. The van der Waals surface area contributed by atoms with Gasteiger partial charge in [-0.25, -0.2) is 0 Å². The Morgan fingerprint density at radius 1 is 1.47 bits per heavy atom. The summed E-state index contributed by atoms with van der Waals surface area (Å²) >= 11 is 5.93. The fourth-order valence-electron chi connectivity index (χ4n) is 1.79. The largest absolute Gasteiger partial charge is 0.492 e. The molecule has 2 rings (SSSR count). The van der Waals surface area contributed by atoms with Crippen molar-refractivity contribution in [2.24, 2.45) is 5.92 Å². The van der Waals surface area contributed by atoms with Crippen molar-refractivity contribution in [1.82, 2.24) is 5.32 Å². The first-order chi connectivity index (χ1) is 9.19. The first-order valence-electron chi connectivity index (χ1n) is 6.62. The van der Waals surface area contributed by atoms with E-state index in [0.717, 1.165) is 12.5 Å². The van der Waals surface area contributed by atoms with Crippen molar-refractivity contribution in [3.8, 4) is 5.75 Å². The predicted octanol–water partition coefficient (Wildman–Crippen LogP) is 2.68. The van der Waals surface area contributed by atoms with Gasteiger partial charge in [-0.3, -0.25) is 4.79 Å². The molecule has 1 aliphatic carbocycles. The highest BCUT2D eigenvalue weighted by Crippen LogP contribution is 2.28. The topological polar surface area (TPSA) is 50.4 Å². The summed E-state index contributed by atoms with van der Waals surface area (Å²) in [6.07, 6.45) is 2.55. The normalized spacial score (nSPS) is 14.2. The van der Waals surface area contributed by atoms with Crippen molar-refractivity contribution in [2.45, 2.75) is 19.8 Å². The van der Waals surface area contributed by atoms with Crippen LogP contribution in [0.15, 0.2) is 18.2 Å². The molecule has 0 heterocycles. The number of rotatable bonds is 7. The van der Waals surface area contributed by atoms with Gasteiger partial charge in [-0.15, -0.1) is 0 Å². The Morgan fingerprint density at radius 2 is 2.26 bits per heavy atom. The lowest BCUT2D eigenvalue weighted by Crippen LogP contribution is -2.29. The minimum absolute atomic E-state index is 0.0798. The minimum Gasteiger partial charge on any atom is -0.492 e. The van der Waals surface area contributed by atoms with Gasteiger partial charge < -0.3 is 15.4 Å². The Morgan fingerprint density at radius 3 is 2.95 bits per heavy atom. The second kappa shape index (κ2) is 6.78. The van der Waals surface area contributed by atoms with Gasteiger partial charge in [0.15, 0.2) is 0 Å². The van der Waals surface area contributed by atoms with Gasteiger partial charge in [-0.2, -0.15) is 0 Å². The smallest absolute Gasteiger partial charge is 0.238 e. The number of carbonyl (C=O) groups is 1. The van der Waals surface area contributed by atoms with E-state index >= 15 is 0 Å². The highest BCUT2D eigenvalue weighted by atomic mass is 35.5. The maximum atomic E-state index is 11.8. The Kier molecular flexibility index (Phi) is 5.05. The van der Waals surface area contributed by atoms with E-state index in [9.17, 15) is 4.79 Å². The lowest BCUT2D eigenvalue weighted by Gasteiger charge is -2.12. The number of hydrogen-bond acceptors (Lipinski definition) is 3. The molecule has 1 saturated carbocycles. The van der Waals surface area contributed by atoms with E-state index in [2.05, 4.69) is 10.6 Å². The molecular weight excluding hydrogens is 264 g/mol. The van der Waals surface area contributed by atoms with Gasteiger partial charge in [0.05, 0.1) is 18.8 Å². The fourth-order valence-corrected chi connectivity index (χ4v) is 1.96. The average molecular weight is 283 g/mol. The number of anilines is 1. The zero-order valence-corrected chi connectivity index (χ0v) is 11.8. The van der Waals surface area contributed by atoms with Crippen molar-refractivity contribution in [3.05, 3.63) is 23.2 Å². The van der Waals surface area contributed by atoms with Crippen molar-refractivity contribution in [3.63, 3.8) is 0 Å². The fraction of sp³-hybridized carbons (Fsp3) is 0.500. The number of amides is 1. The Labute approximate surface area is 118 Å². The summed E-state index contributed by atoms with van der Waals surface area (Å²) in [5.74, 6) is 1.32. The first kappa shape index (κ1) is 14.2. The molecule has 0 radical (unpaired) electrons. The molecule has 0 spiro atoms. The summed E-state index contributed by atoms with van der Waals surface area (Å²) in [5, 5.41) is 6.54. The molecule has 0 aromatic heterocycles.